The zero-order valence-corrected chi connectivity index (χ0v) is 16.5. The number of rotatable bonds is 6. The van der Waals surface area contributed by atoms with Crippen molar-refractivity contribution < 1.29 is 14.7 Å². The lowest BCUT2D eigenvalue weighted by molar-refractivity contribution is -0.137. The molecule has 0 saturated heterocycles. The van der Waals surface area contributed by atoms with Crippen molar-refractivity contribution in [1.29, 1.82) is 0 Å². The Morgan fingerprint density at radius 1 is 1.14 bits per heavy atom. The van der Waals surface area contributed by atoms with Gasteiger partial charge in [-0.2, -0.15) is 0 Å². The lowest BCUT2D eigenvalue weighted by atomic mass is 9.86. The number of hydrogen-bond acceptors (Lipinski definition) is 5. The van der Waals surface area contributed by atoms with E-state index in [0.29, 0.717) is 11.3 Å². The fraction of sp³-hybridized carbons (Fsp3) is 0.286. The van der Waals surface area contributed by atoms with Gasteiger partial charge in [-0.25, -0.2) is 4.68 Å². The largest absolute Gasteiger partial charge is 0.481 e. The molecule has 0 saturated carbocycles. The predicted molar refractivity (Wildman–Crippen MR) is 107 cm³/mol. The van der Waals surface area contributed by atoms with Crippen LogP contribution in [0.4, 0.5) is 0 Å². The van der Waals surface area contributed by atoms with Gasteiger partial charge in [0.25, 0.3) is 5.91 Å². The third-order valence-electron chi connectivity index (χ3n) is 4.59. The van der Waals surface area contributed by atoms with Gasteiger partial charge in [0.05, 0.1) is 18.2 Å². The number of tetrazole rings is 1. The molecular formula is C21H23N5O3. The molecule has 1 heterocycles. The van der Waals surface area contributed by atoms with Crippen molar-refractivity contribution in [3.05, 3.63) is 71.5 Å². The number of aliphatic carboxylic acids is 1. The van der Waals surface area contributed by atoms with E-state index in [1.165, 1.54) is 11.0 Å². The minimum atomic E-state index is -0.988. The summed E-state index contributed by atoms with van der Waals surface area (Å²) in [6, 6.07) is 13.8. The van der Waals surface area contributed by atoms with Crippen LogP contribution in [-0.4, -0.2) is 37.2 Å². The normalized spacial score (nSPS) is 12.4. The molecule has 2 aromatic carbocycles. The van der Waals surface area contributed by atoms with E-state index in [0.717, 1.165) is 11.1 Å². The molecule has 3 rings (SSSR count). The molecule has 1 unspecified atom stereocenters. The smallest absolute Gasteiger partial charge is 0.305 e. The molecule has 150 valence electrons. The molecule has 0 fully saturated rings. The maximum absolute atomic E-state index is 12.8. The van der Waals surface area contributed by atoms with Crippen LogP contribution in [0, 0.1) is 0 Å². The van der Waals surface area contributed by atoms with Gasteiger partial charge < -0.3 is 10.4 Å². The second kappa shape index (κ2) is 8.22. The van der Waals surface area contributed by atoms with Gasteiger partial charge in [-0.15, -0.1) is 5.10 Å². The number of benzene rings is 2. The molecule has 1 atom stereocenters. The van der Waals surface area contributed by atoms with Gasteiger partial charge in [-0.05, 0) is 45.2 Å². The summed E-state index contributed by atoms with van der Waals surface area (Å²) in [7, 11) is 0. The summed E-state index contributed by atoms with van der Waals surface area (Å²) in [5.74, 6) is -1.36. The second-order valence-corrected chi connectivity index (χ2v) is 7.80. The van der Waals surface area contributed by atoms with Crippen LogP contribution in [0.15, 0.2) is 54.9 Å². The van der Waals surface area contributed by atoms with Gasteiger partial charge in [0.1, 0.15) is 6.33 Å². The zero-order valence-electron chi connectivity index (χ0n) is 16.5. The average Bonchev–Trinajstić information content (AvgIpc) is 3.21. The van der Waals surface area contributed by atoms with Crippen LogP contribution >= 0.6 is 0 Å². The first-order valence-corrected chi connectivity index (χ1v) is 9.20. The van der Waals surface area contributed by atoms with Crippen LogP contribution in [0.3, 0.4) is 0 Å². The highest BCUT2D eigenvalue weighted by Crippen LogP contribution is 2.25. The SMILES string of the molecule is CC(C)(C)c1ccc(C(CC(=O)O)NC(=O)c2cccc(-n3cnnn3)c2)cc1. The lowest BCUT2D eigenvalue weighted by Gasteiger charge is -2.22. The van der Waals surface area contributed by atoms with Gasteiger partial charge >= 0.3 is 5.97 Å². The Morgan fingerprint density at radius 2 is 1.86 bits per heavy atom. The third-order valence-corrected chi connectivity index (χ3v) is 4.59. The number of carboxylic acid groups (broad SMARTS) is 1. The summed E-state index contributed by atoms with van der Waals surface area (Å²) in [4.78, 5) is 24.2. The topological polar surface area (TPSA) is 110 Å². The zero-order chi connectivity index (χ0) is 21.0. The van der Waals surface area contributed by atoms with Crippen molar-refractivity contribution in [3.8, 4) is 5.69 Å². The fourth-order valence-corrected chi connectivity index (χ4v) is 2.95. The Labute approximate surface area is 168 Å². The van der Waals surface area contributed by atoms with E-state index in [1.807, 2.05) is 24.3 Å². The van der Waals surface area contributed by atoms with Gasteiger partial charge in [0.15, 0.2) is 0 Å². The van der Waals surface area contributed by atoms with E-state index in [9.17, 15) is 14.7 Å². The van der Waals surface area contributed by atoms with Crippen LogP contribution < -0.4 is 5.32 Å². The predicted octanol–water partition coefficient (Wildman–Crippen LogP) is 2.91. The van der Waals surface area contributed by atoms with E-state index in [-0.39, 0.29) is 17.7 Å². The van der Waals surface area contributed by atoms with Crippen molar-refractivity contribution >= 4 is 11.9 Å². The molecule has 2 N–H and O–H groups in total. The fourth-order valence-electron chi connectivity index (χ4n) is 2.95. The quantitative estimate of drug-likeness (QED) is 0.666. The number of nitrogens with one attached hydrogen (secondary N) is 1. The van der Waals surface area contributed by atoms with Gasteiger partial charge in [-0.3, -0.25) is 9.59 Å². The Kier molecular flexibility index (Phi) is 5.72. The van der Waals surface area contributed by atoms with E-state index in [2.05, 4.69) is 41.6 Å². The first kappa shape index (κ1) is 20.2. The molecule has 0 spiro atoms. The molecule has 0 bridgehead atoms. The van der Waals surface area contributed by atoms with Gasteiger partial charge in [0, 0.05) is 5.56 Å². The van der Waals surface area contributed by atoms with Crippen molar-refractivity contribution in [3.63, 3.8) is 0 Å². The molecule has 0 radical (unpaired) electrons. The number of aromatic nitrogens is 4. The van der Waals surface area contributed by atoms with Crippen LogP contribution in [0.5, 0.6) is 0 Å². The molecule has 8 nitrogen and oxygen atoms in total. The number of carboxylic acids is 1. The Morgan fingerprint density at radius 3 is 2.45 bits per heavy atom. The standard InChI is InChI=1S/C21H23N5O3/c1-21(2,3)16-9-7-14(8-10-16)18(12-19(27)28)23-20(29)15-5-4-6-17(11-15)26-13-22-24-25-26/h4-11,13,18H,12H2,1-3H3,(H,23,29)(H,27,28). The highest BCUT2D eigenvalue weighted by molar-refractivity contribution is 5.95. The molecule has 0 aliphatic carbocycles. The molecule has 0 aliphatic heterocycles. The summed E-state index contributed by atoms with van der Waals surface area (Å²) < 4.78 is 1.44. The molecular weight excluding hydrogens is 370 g/mol. The third kappa shape index (κ3) is 5.04. The number of carbonyl (C=O) groups excluding carboxylic acids is 1. The molecule has 3 aromatic rings. The van der Waals surface area contributed by atoms with Gasteiger partial charge in [0.2, 0.25) is 0 Å². The minimum Gasteiger partial charge on any atom is -0.481 e. The van der Waals surface area contributed by atoms with Crippen molar-refractivity contribution in [2.24, 2.45) is 0 Å². The Bertz CT molecular complexity index is 992. The monoisotopic (exact) mass is 393 g/mol. The Balaban J connectivity index is 1.82. The highest BCUT2D eigenvalue weighted by Gasteiger charge is 2.21. The van der Waals surface area contributed by atoms with Crippen molar-refractivity contribution in [2.45, 2.75) is 38.6 Å². The summed E-state index contributed by atoms with van der Waals surface area (Å²) in [6.07, 6.45) is 1.22. The number of hydrogen-bond donors (Lipinski definition) is 2. The molecule has 29 heavy (non-hydrogen) atoms. The second-order valence-electron chi connectivity index (χ2n) is 7.80. The van der Waals surface area contributed by atoms with E-state index < -0.39 is 12.0 Å². The van der Waals surface area contributed by atoms with Crippen LogP contribution in [0.25, 0.3) is 5.69 Å². The van der Waals surface area contributed by atoms with Crippen molar-refractivity contribution in [2.75, 3.05) is 0 Å². The van der Waals surface area contributed by atoms with E-state index >= 15 is 0 Å². The number of amides is 1. The first-order chi connectivity index (χ1) is 13.7. The Hall–Kier alpha value is -3.55. The van der Waals surface area contributed by atoms with Crippen molar-refractivity contribution in [1.82, 2.24) is 25.5 Å². The molecule has 0 aliphatic rings. The molecule has 1 amide bonds. The highest BCUT2D eigenvalue weighted by atomic mass is 16.4. The number of carbonyl (C=O) groups is 2. The maximum atomic E-state index is 12.8. The van der Waals surface area contributed by atoms with Crippen LogP contribution in [0.1, 0.15) is 54.7 Å². The number of nitrogens with zero attached hydrogens (tertiary/aromatic N) is 4. The summed E-state index contributed by atoms with van der Waals surface area (Å²) in [6.45, 7) is 6.32. The maximum Gasteiger partial charge on any atom is 0.305 e. The average molecular weight is 393 g/mol. The summed E-state index contributed by atoms with van der Waals surface area (Å²) >= 11 is 0. The van der Waals surface area contributed by atoms with Gasteiger partial charge in [-0.1, -0.05) is 51.1 Å². The van der Waals surface area contributed by atoms with E-state index in [4.69, 9.17) is 0 Å². The minimum absolute atomic E-state index is 0.0132. The lowest BCUT2D eigenvalue weighted by Crippen LogP contribution is -2.30. The summed E-state index contributed by atoms with van der Waals surface area (Å²) in [5.41, 5.74) is 2.88. The van der Waals surface area contributed by atoms with E-state index in [1.54, 1.807) is 24.3 Å². The first-order valence-electron chi connectivity index (χ1n) is 9.20. The van der Waals surface area contributed by atoms with Crippen LogP contribution in [0.2, 0.25) is 0 Å². The summed E-state index contributed by atoms with van der Waals surface area (Å²) in [5, 5.41) is 23.1. The molecule has 1 aromatic heterocycles. The van der Waals surface area contributed by atoms with Crippen LogP contribution in [-0.2, 0) is 10.2 Å². The molecule has 8 heteroatoms.